The molecular formula is C15H13NO5S. The number of nitro benzene ring substituents is 1. The fourth-order valence-electron chi connectivity index (χ4n) is 2.17. The Morgan fingerprint density at radius 1 is 1.18 bits per heavy atom. The quantitative estimate of drug-likeness (QED) is 0.648. The van der Waals surface area contributed by atoms with Gasteiger partial charge in [0, 0.05) is 23.6 Å². The maximum absolute atomic E-state index is 10.7. The molecule has 2 aromatic carbocycles. The van der Waals surface area contributed by atoms with Gasteiger partial charge < -0.3 is 4.74 Å². The molecular weight excluding hydrogens is 306 g/mol. The largest absolute Gasteiger partial charge is 0.489 e. The Morgan fingerprint density at radius 2 is 2.00 bits per heavy atom. The molecule has 0 aliphatic carbocycles. The predicted octanol–water partition coefficient (Wildman–Crippen LogP) is 4.27. The van der Waals surface area contributed by atoms with E-state index in [1.807, 2.05) is 0 Å². The smallest absolute Gasteiger partial charge is 0.269 e. The Morgan fingerprint density at radius 3 is 2.77 bits per heavy atom. The lowest BCUT2D eigenvalue weighted by Crippen LogP contribution is -1.98. The number of fused-ring (bicyclic) bond motifs is 1. The Balaban J connectivity index is 1.76. The Bertz CT molecular complexity index is 772. The average Bonchev–Trinajstić information content (AvgIpc) is 2.81. The summed E-state index contributed by atoms with van der Waals surface area (Å²) in [5.74, 6) is 0.480. The molecule has 0 saturated carbocycles. The number of nitrogens with zero attached hydrogens (tertiary/aromatic N) is 1. The van der Waals surface area contributed by atoms with E-state index in [9.17, 15) is 19.2 Å². The van der Waals surface area contributed by atoms with Crippen molar-refractivity contribution in [2.24, 2.45) is 0 Å². The van der Waals surface area contributed by atoms with Crippen molar-refractivity contribution in [3.63, 3.8) is 0 Å². The second-order valence-corrected chi connectivity index (χ2v) is 6.71. The zero-order valence-corrected chi connectivity index (χ0v) is 12.2. The molecule has 1 aliphatic heterocycles. The van der Waals surface area contributed by atoms with Gasteiger partial charge in [0.25, 0.3) is 5.69 Å². The first-order valence-corrected chi connectivity index (χ1v) is 8.03. The van der Waals surface area contributed by atoms with Gasteiger partial charge in [0.1, 0.15) is 12.4 Å². The molecule has 6 nitrogen and oxygen atoms in total. The number of rotatable bonds is 4. The van der Waals surface area contributed by atoms with E-state index in [-0.39, 0.29) is 12.3 Å². The molecule has 114 valence electrons. The van der Waals surface area contributed by atoms with Crippen LogP contribution in [-0.2, 0) is 6.61 Å². The van der Waals surface area contributed by atoms with Crippen LogP contribution in [0.1, 0.15) is 11.1 Å². The van der Waals surface area contributed by atoms with Gasteiger partial charge in [0.05, 0.1) is 9.82 Å². The van der Waals surface area contributed by atoms with Crippen LogP contribution in [0, 0.1) is 10.1 Å². The second kappa shape index (κ2) is 5.45. The zero-order chi connectivity index (χ0) is 15.7. The van der Waals surface area contributed by atoms with E-state index in [2.05, 4.69) is 0 Å². The van der Waals surface area contributed by atoms with E-state index in [4.69, 9.17) is 4.74 Å². The number of ether oxygens (including phenoxy) is 1. The van der Waals surface area contributed by atoms with Gasteiger partial charge in [-0.3, -0.25) is 19.2 Å². The molecule has 0 amide bonds. The molecule has 0 fully saturated rings. The summed E-state index contributed by atoms with van der Waals surface area (Å²) in [7, 11) is -2.88. The van der Waals surface area contributed by atoms with Gasteiger partial charge >= 0.3 is 0 Å². The predicted molar refractivity (Wildman–Crippen MR) is 84.0 cm³/mol. The van der Waals surface area contributed by atoms with Crippen molar-refractivity contribution >= 4 is 22.4 Å². The van der Waals surface area contributed by atoms with Crippen molar-refractivity contribution in [2.45, 2.75) is 11.5 Å². The molecule has 0 bridgehead atoms. The Kier molecular flexibility index (Phi) is 3.61. The van der Waals surface area contributed by atoms with Crippen LogP contribution in [0.25, 0.3) is 6.08 Å². The topological polar surface area (TPSA) is 92.8 Å². The molecule has 0 saturated heterocycles. The molecule has 0 aromatic heterocycles. The van der Waals surface area contributed by atoms with Crippen molar-refractivity contribution in [3.05, 3.63) is 69.1 Å². The highest BCUT2D eigenvalue weighted by molar-refractivity contribution is 8.27. The third-order valence-electron chi connectivity index (χ3n) is 3.27. The van der Waals surface area contributed by atoms with Crippen LogP contribution in [0.15, 0.2) is 52.8 Å². The lowest BCUT2D eigenvalue weighted by atomic mass is 10.2. The van der Waals surface area contributed by atoms with Gasteiger partial charge in [-0.2, -0.15) is 0 Å². The summed E-state index contributed by atoms with van der Waals surface area (Å²) in [5, 5.41) is 12.1. The fourth-order valence-corrected chi connectivity index (χ4v) is 3.43. The Labute approximate surface area is 128 Å². The minimum absolute atomic E-state index is 0.00781. The SMILES string of the molecule is O=[N+]([O-])c1cccc(COc2ccc3c(c2)S(O)(O)C=C3)c1. The summed E-state index contributed by atoms with van der Waals surface area (Å²) in [6.07, 6.45) is 1.66. The maximum Gasteiger partial charge on any atom is 0.269 e. The second-order valence-electron chi connectivity index (χ2n) is 4.81. The molecule has 0 spiro atoms. The van der Waals surface area contributed by atoms with Gasteiger partial charge in [0.2, 0.25) is 0 Å². The molecule has 3 rings (SSSR count). The van der Waals surface area contributed by atoms with Gasteiger partial charge in [0.15, 0.2) is 0 Å². The zero-order valence-electron chi connectivity index (χ0n) is 11.4. The highest BCUT2D eigenvalue weighted by atomic mass is 32.3. The first-order chi connectivity index (χ1) is 10.5. The molecule has 22 heavy (non-hydrogen) atoms. The van der Waals surface area contributed by atoms with Crippen molar-refractivity contribution in [3.8, 4) is 5.75 Å². The third kappa shape index (κ3) is 2.82. The summed E-state index contributed by atoms with van der Waals surface area (Å²) in [4.78, 5) is 10.7. The number of nitro groups is 1. The summed E-state index contributed by atoms with van der Waals surface area (Å²) in [6.45, 7) is 0.160. The van der Waals surface area contributed by atoms with Crippen LogP contribution in [-0.4, -0.2) is 14.0 Å². The first kappa shape index (κ1) is 14.6. The summed E-state index contributed by atoms with van der Waals surface area (Å²) < 4.78 is 25.3. The standard InChI is InChI=1S/C15H13NO5S/c17-16(18)13-3-1-2-11(8-13)10-21-14-5-4-12-6-7-22(19,20)15(12)9-14/h1-9,19-20H,10H2. The maximum atomic E-state index is 10.7. The van der Waals surface area contributed by atoms with E-state index < -0.39 is 15.5 Å². The molecule has 1 aliphatic rings. The molecule has 0 radical (unpaired) electrons. The van der Waals surface area contributed by atoms with E-state index in [0.29, 0.717) is 16.2 Å². The van der Waals surface area contributed by atoms with Crippen molar-refractivity contribution in [1.82, 2.24) is 0 Å². The number of benzene rings is 2. The summed E-state index contributed by atoms with van der Waals surface area (Å²) in [6, 6.07) is 11.2. The van der Waals surface area contributed by atoms with Crippen LogP contribution < -0.4 is 4.74 Å². The third-order valence-corrected chi connectivity index (χ3v) is 4.79. The van der Waals surface area contributed by atoms with E-state index >= 15 is 0 Å². The lowest BCUT2D eigenvalue weighted by molar-refractivity contribution is -0.384. The van der Waals surface area contributed by atoms with Crippen LogP contribution >= 0.6 is 10.6 Å². The minimum atomic E-state index is -2.88. The van der Waals surface area contributed by atoms with Crippen LogP contribution in [0.2, 0.25) is 0 Å². The number of hydrogen-bond donors (Lipinski definition) is 2. The van der Waals surface area contributed by atoms with Gasteiger partial charge in [-0.25, -0.2) is 0 Å². The van der Waals surface area contributed by atoms with Crippen LogP contribution in [0.4, 0.5) is 5.69 Å². The minimum Gasteiger partial charge on any atom is -0.489 e. The molecule has 2 aromatic rings. The van der Waals surface area contributed by atoms with Gasteiger partial charge in [-0.1, -0.05) is 12.1 Å². The molecule has 7 heteroatoms. The van der Waals surface area contributed by atoms with Crippen molar-refractivity contribution in [2.75, 3.05) is 0 Å². The number of hydrogen-bond acceptors (Lipinski definition) is 5. The number of non-ortho nitro benzene ring substituents is 1. The summed E-state index contributed by atoms with van der Waals surface area (Å²) >= 11 is 0. The Hall–Kier alpha value is -2.35. The fraction of sp³-hybridized carbons (Fsp3) is 0.0667. The molecule has 2 N–H and O–H groups in total. The molecule has 1 heterocycles. The summed E-state index contributed by atoms with van der Waals surface area (Å²) in [5.41, 5.74) is 1.43. The molecule has 0 unspecified atom stereocenters. The average molecular weight is 319 g/mol. The highest BCUT2D eigenvalue weighted by Gasteiger charge is 2.22. The molecule has 0 atom stereocenters. The van der Waals surface area contributed by atoms with Gasteiger partial charge in [-0.05, 0) is 29.3 Å². The van der Waals surface area contributed by atoms with Gasteiger partial charge in [-0.15, -0.1) is 10.6 Å². The van der Waals surface area contributed by atoms with E-state index in [1.165, 1.54) is 17.5 Å². The monoisotopic (exact) mass is 319 g/mol. The normalized spacial score (nSPS) is 16.1. The van der Waals surface area contributed by atoms with Crippen molar-refractivity contribution < 1.29 is 18.8 Å². The van der Waals surface area contributed by atoms with Crippen LogP contribution in [0.3, 0.4) is 0 Å². The van der Waals surface area contributed by atoms with Crippen molar-refractivity contribution in [1.29, 1.82) is 0 Å². The van der Waals surface area contributed by atoms with E-state index in [0.717, 1.165) is 5.56 Å². The van der Waals surface area contributed by atoms with E-state index in [1.54, 1.807) is 36.4 Å². The lowest BCUT2D eigenvalue weighted by Gasteiger charge is -2.25. The first-order valence-electron chi connectivity index (χ1n) is 6.42. The van der Waals surface area contributed by atoms with Crippen LogP contribution in [0.5, 0.6) is 5.75 Å². The highest BCUT2D eigenvalue weighted by Crippen LogP contribution is 2.56.